The first-order valence-electron chi connectivity index (χ1n) is 11.0. The van der Waals surface area contributed by atoms with Crippen LogP contribution in [0.1, 0.15) is 51.1 Å². The molecule has 0 spiro atoms. The second-order valence-corrected chi connectivity index (χ2v) is 7.66. The van der Waals surface area contributed by atoms with E-state index in [1.54, 1.807) is 36.4 Å². The van der Waals surface area contributed by atoms with Crippen LogP contribution in [0.15, 0.2) is 59.0 Å². The summed E-state index contributed by atoms with van der Waals surface area (Å²) in [5.74, 6) is 0.879. The molecule has 174 valence electrons. The van der Waals surface area contributed by atoms with Gasteiger partial charge >= 0.3 is 0 Å². The number of rotatable bonds is 11. The van der Waals surface area contributed by atoms with E-state index < -0.39 is 5.91 Å². The summed E-state index contributed by atoms with van der Waals surface area (Å²) in [7, 11) is 0. The van der Waals surface area contributed by atoms with Gasteiger partial charge in [0, 0.05) is 31.0 Å². The van der Waals surface area contributed by atoms with Crippen molar-refractivity contribution in [1.82, 2.24) is 5.32 Å². The molecule has 2 aromatic carbocycles. The Balaban J connectivity index is 1.53. The second kappa shape index (κ2) is 11.9. The van der Waals surface area contributed by atoms with Gasteiger partial charge in [-0.2, -0.15) is 0 Å². The lowest BCUT2D eigenvalue weighted by Gasteiger charge is -2.09. The van der Waals surface area contributed by atoms with Crippen molar-refractivity contribution in [1.29, 1.82) is 0 Å². The minimum absolute atomic E-state index is 0.167. The van der Waals surface area contributed by atoms with E-state index in [1.807, 2.05) is 39.0 Å². The zero-order chi connectivity index (χ0) is 23.6. The van der Waals surface area contributed by atoms with Crippen LogP contribution in [0, 0.1) is 13.8 Å². The number of anilines is 1. The van der Waals surface area contributed by atoms with Gasteiger partial charge in [0.15, 0.2) is 5.76 Å². The number of furan rings is 1. The van der Waals surface area contributed by atoms with Crippen molar-refractivity contribution in [2.75, 3.05) is 25.1 Å². The predicted molar refractivity (Wildman–Crippen MR) is 127 cm³/mol. The number of hydrogen-bond donors (Lipinski definition) is 2. The Morgan fingerprint density at radius 2 is 1.85 bits per heavy atom. The molecule has 0 unspecified atom stereocenters. The summed E-state index contributed by atoms with van der Waals surface area (Å²) in [6.07, 6.45) is 0.740. The van der Waals surface area contributed by atoms with Gasteiger partial charge in [-0.05, 0) is 69.2 Å². The molecule has 1 heterocycles. The van der Waals surface area contributed by atoms with Gasteiger partial charge in [-0.15, -0.1) is 0 Å². The molecule has 0 saturated heterocycles. The molecule has 3 aromatic rings. The smallest absolute Gasteiger partial charge is 0.291 e. The summed E-state index contributed by atoms with van der Waals surface area (Å²) in [4.78, 5) is 24.9. The molecule has 0 aliphatic carbocycles. The monoisotopic (exact) mass is 450 g/mol. The third-order valence-electron chi connectivity index (χ3n) is 4.92. The van der Waals surface area contributed by atoms with E-state index in [0.717, 1.165) is 17.7 Å². The molecular weight excluding hydrogens is 420 g/mol. The van der Waals surface area contributed by atoms with Crippen molar-refractivity contribution in [3.05, 3.63) is 82.8 Å². The quantitative estimate of drug-likeness (QED) is 0.406. The summed E-state index contributed by atoms with van der Waals surface area (Å²) in [5, 5.41) is 5.61. The lowest BCUT2D eigenvalue weighted by Crippen LogP contribution is -2.25. The Morgan fingerprint density at radius 1 is 1.00 bits per heavy atom. The Hall–Kier alpha value is -3.58. The van der Waals surface area contributed by atoms with Gasteiger partial charge in [-0.25, -0.2) is 0 Å². The van der Waals surface area contributed by atoms with Gasteiger partial charge in [0.25, 0.3) is 11.8 Å². The highest BCUT2D eigenvalue weighted by Crippen LogP contribution is 2.21. The van der Waals surface area contributed by atoms with E-state index >= 15 is 0 Å². The fourth-order valence-electron chi connectivity index (χ4n) is 3.24. The lowest BCUT2D eigenvalue weighted by atomic mass is 10.1. The van der Waals surface area contributed by atoms with Crippen LogP contribution in [0.25, 0.3) is 0 Å². The fraction of sp³-hybridized carbons (Fsp3) is 0.308. The number of benzene rings is 2. The zero-order valence-corrected chi connectivity index (χ0v) is 19.3. The van der Waals surface area contributed by atoms with Crippen LogP contribution in [-0.2, 0) is 11.3 Å². The van der Waals surface area contributed by atoms with Crippen molar-refractivity contribution in [3.63, 3.8) is 0 Å². The van der Waals surface area contributed by atoms with Crippen molar-refractivity contribution in [2.45, 2.75) is 33.8 Å². The molecule has 3 rings (SSSR count). The van der Waals surface area contributed by atoms with Gasteiger partial charge in [0.1, 0.15) is 18.1 Å². The van der Waals surface area contributed by atoms with Crippen molar-refractivity contribution < 1.29 is 23.5 Å². The normalized spacial score (nSPS) is 10.6. The number of hydrogen-bond acceptors (Lipinski definition) is 5. The lowest BCUT2D eigenvalue weighted by molar-refractivity contribution is 0.0942. The van der Waals surface area contributed by atoms with Crippen LogP contribution in [0.2, 0.25) is 0 Å². The second-order valence-electron chi connectivity index (χ2n) is 7.66. The molecule has 33 heavy (non-hydrogen) atoms. The van der Waals surface area contributed by atoms with Crippen LogP contribution < -0.4 is 15.4 Å². The Kier molecular flexibility index (Phi) is 8.66. The van der Waals surface area contributed by atoms with Crippen LogP contribution in [0.3, 0.4) is 0 Å². The molecule has 7 heteroatoms. The highest BCUT2D eigenvalue weighted by atomic mass is 16.5. The summed E-state index contributed by atoms with van der Waals surface area (Å²) < 4.78 is 16.7. The molecule has 0 atom stereocenters. The zero-order valence-electron chi connectivity index (χ0n) is 19.3. The first-order valence-corrected chi connectivity index (χ1v) is 11.0. The summed E-state index contributed by atoms with van der Waals surface area (Å²) in [6.45, 7) is 7.95. The maximum absolute atomic E-state index is 12.6. The highest BCUT2D eigenvalue weighted by molar-refractivity contribution is 6.03. The number of nitrogens with one attached hydrogen (secondary N) is 2. The third-order valence-corrected chi connectivity index (χ3v) is 4.92. The van der Waals surface area contributed by atoms with E-state index in [-0.39, 0.29) is 18.3 Å². The van der Waals surface area contributed by atoms with Gasteiger partial charge in [-0.3, -0.25) is 9.59 Å². The van der Waals surface area contributed by atoms with E-state index in [0.29, 0.717) is 36.8 Å². The van der Waals surface area contributed by atoms with Gasteiger partial charge in [0.05, 0.1) is 0 Å². The number of carbonyl (C=O) groups excluding carboxylic acids is 2. The predicted octanol–water partition coefficient (Wildman–Crippen LogP) is 4.88. The third kappa shape index (κ3) is 7.22. The Morgan fingerprint density at radius 3 is 2.64 bits per heavy atom. The molecular formula is C26H30N2O5. The highest BCUT2D eigenvalue weighted by Gasteiger charge is 2.13. The molecule has 0 radical (unpaired) electrons. The molecule has 7 nitrogen and oxygen atoms in total. The molecule has 1 aromatic heterocycles. The van der Waals surface area contributed by atoms with Gasteiger partial charge in [-0.1, -0.05) is 23.8 Å². The standard InChI is InChI=1S/C26H30N2O5/c1-4-31-14-6-13-27-25(29)20-7-5-8-21(16-20)28-26(30)24-12-10-22(33-24)17-32-23-11-9-18(2)15-19(23)3/h5,7-12,15-16H,4,6,13-14,17H2,1-3H3,(H,27,29)(H,28,30). The number of amides is 2. The number of carbonyl (C=O) groups is 2. The first-order chi connectivity index (χ1) is 16.0. The minimum atomic E-state index is -0.401. The minimum Gasteiger partial charge on any atom is -0.485 e. The van der Waals surface area contributed by atoms with Crippen molar-refractivity contribution in [2.24, 2.45) is 0 Å². The maximum Gasteiger partial charge on any atom is 0.291 e. The van der Waals surface area contributed by atoms with Crippen LogP contribution in [0.5, 0.6) is 5.75 Å². The van der Waals surface area contributed by atoms with Crippen LogP contribution in [0.4, 0.5) is 5.69 Å². The van der Waals surface area contributed by atoms with Crippen LogP contribution >= 0.6 is 0 Å². The van der Waals surface area contributed by atoms with E-state index in [9.17, 15) is 9.59 Å². The average Bonchev–Trinajstić information content (AvgIpc) is 3.28. The summed E-state index contributed by atoms with van der Waals surface area (Å²) in [6, 6.07) is 16.0. The molecule has 0 aliphatic rings. The first kappa shape index (κ1) is 24.1. The van der Waals surface area contributed by atoms with Crippen molar-refractivity contribution >= 4 is 17.5 Å². The van der Waals surface area contributed by atoms with E-state index in [2.05, 4.69) is 10.6 Å². The number of ether oxygens (including phenoxy) is 2. The molecule has 0 fully saturated rings. The van der Waals surface area contributed by atoms with E-state index in [4.69, 9.17) is 13.9 Å². The summed E-state index contributed by atoms with van der Waals surface area (Å²) in [5.41, 5.74) is 3.18. The average molecular weight is 451 g/mol. The largest absolute Gasteiger partial charge is 0.485 e. The topological polar surface area (TPSA) is 89.8 Å². The SMILES string of the molecule is CCOCCCNC(=O)c1cccc(NC(=O)c2ccc(COc3ccc(C)cc3C)o2)c1. The van der Waals surface area contributed by atoms with Crippen LogP contribution in [-0.4, -0.2) is 31.6 Å². The van der Waals surface area contributed by atoms with Crippen molar-refractivity contribution in [3.8, 4) is 5.75 Å². The van der Waals surface area contributed by atoms with Gasteiger partial charge < -0.3 is 24.5 Å². The summed E-state index contributed by atoms with van der Waals surface area (Å²) >= 11 is 0. The molecule has 2 N–H and O–H groups in total. The van der Waals surface area contributed by atoms with Gasteiger partial charge in [0.2, 0.25) is 0 Å². The molecule has 0 aliphatic heterocycles. The Labute approximate surface area is 194 Å². The molecule has 0 saturated carbocycles. The van der Waals surface area contributed by atoms with E-state index in [1.165, 1.54) is 5.56 Å². The fourth-order valence-corrected chi connectivity index (χ4v) is 3.24. The number of aryl methyl sites for hydroxylation is 2. The molecule has 2 amide bonds. The molecule has 0 bridgehead atoms. The Bertz CT molecular complexity index is 1090. The maximum atomic E-state index is 12.6.